The lowest BCUT2D eigenvalue weighted by molar-refractivity contribution is -0.117. The van der Waals surface area contributed by atoms with Gasteiger partial charge in [0.05, 0.1) is 5.69 Å². The third-order valence-electron chi connectivity index (χ3n) is 2.97. The molecular weight excluding hydrogens is 330 g/mol. The lowest BCUT2D eigenvalue weighted by Gasteiger charge is -2.06. The van der Waals surface area contributed by atoms with Crippen molar-refractivity contribution in [3.63, 3.8) is 0 Å². The predicted octanol–water partition coefficient (Wildman–Crippen LogP) is 4.99. The Morgan fingerprint density at radius 1 is 1.38 bits per heavy atom. The Morgan fingerprint density at radius 3 is 2.71 bits per heavy atom. The third-order valence-corrected chi connectivity index (χ3v) is 3.64. The molecule has 4 nitrogen and oxygen atoms in total. The van der Waals surface area contributed by atoms with Gasteiger partial charge in [-0.3, -0.25) is 4.79 Å². The average molecular weight is 352 g/mol. The van der Waals surface area contributed by atoms with Gasteiger partial charge in [-0.05, 0) is 52.9 Å². The number of rotatable bonds is 7. The molecule has 1 amide bonds. The van der Waals surface area contributed by atoms with Crippen LogP contribution in [0, 0.1) is 5.92 Å². The van der Waals surface area contributed by atoms with E-state index in [1.807, 2.05) is 37.3 Å². The number of nitrogens with one attached hydrogen (secondary N) is 1. The molecule has 1 N–H and O–H groups in total. The van der Waals surface area contributed by atoms with Crippen LogP contribution >= 0.6 is 15.9 Å². The molecule has 1 rings (SSSR count). The molecule has 21 heavy (non-hydrogen) atoms. The Bertz CT molecular complexity index is 526. The first-order valence-electron chi connectivity index (χ1n) is 7.24. The van der Waals surface area contributed by atoms with Gasteiger partial charge in [0.1, 0.15) is 5.70 Å². The molecule has 0 saturated heterocycles. The van der Waals surface area contributed by atoms with Crippen LogP contribution in [0.4, 0.5) is 5.69 Å². The summed E-state index contributed by atoms with van der Waals surface area (Å²) in [5.41, 5.74) is 1.07. The summed E-state index contributed by atoms with van der Waals surface area (Å²) in [7, 11) is 0. The minimum atomic E-state index is -0.173. The first-order chi connectivity index (χ1) is 10.1. The summed E-state index contributed by atoms with van der Waals surface area (Å²) in [5.74, 6) is 0.110. The van der Waals surface area contributed by atoms with Crippen molar-refractivity contribution in [2.24, 2.45) is 16.1 Å². The van der Waals surface area contributed by atoms with Crippen LogP contribution in [0.5, 0.6) is 0 Å². The molecule has 0 spiro atoms. The first kappa shape index (κ1) is 17.6. The van der Waals surface area contributed by atoms with Crippen molar-refractivity contribution in [3.05, 3.63) is 40.5 Å². The van der Waals surface area contributed by atoms with E-state index in [1.54, 1.807) is 0 Å². The molecule has 1 unspecified atom stereocenters. The summed E-state index contributed by atoms with van der Waals surface area (Å²) in [6, 6.07) is 7.53. The molecule has 1 atom stereocenters. The second-order valence-corrected chi connectivity index (χ2v) is 5.70. The summed E-state index contributed by atoms with van der Waals surface area (Å²) in [4.78, 5) is 12.1. The van der Waals surface area contributed by atoms with Crippen molar-refractivity contribution >= 4 is 27.5 Å². The van der Waals surface area contributed by atoms with Crippen LogP contribution in [0.2, 0.25) is 0 Å². The van der Waals surface area contributed by atoms with E-state index >= 15 is 0 Å². The number of benzene rings is 1. The standard InChI is InChI=1S/C16H22BrN3O/c1-4-10-18-16(21)15(11-12(3)5-2)20-19-14-9-7-6-8-13(14)17/h6-9,11-12H,4-5,10H2,1-3H3,(H,18,21)/b15-11+,20-19?. The van der Waals surface area contributed by atoms with Crippen molar-refractivity contribution in [1.29, 1.82) is 0 Å². The van der Waals surface area contributed by atoms with Crippen LogP contribution < -0.4 is 5.32 Å². The Balaban J connectivity index is 2.94. The number of azo groups is 1. The van der Waals surface area contributed by atoms with Gasteiger partial charge >= 0.3 is 0 Å². The minimum Gasteiger partial charge on any atom is -0.351 e. The summed E-state index contributed by atoms with van der Waals surface area (Å²) in [5, 5.41) is 11.2. The fourth-order valence-electron chi connectivity index (χ4n) is 1.51. The normalized spacial score (nSPS) is 13.4. The van der Waals surface area contributed by atoms with Crippen LogP contribution in [0.3, 0.4) is 0 Å². The smallest absolute Gasteiger partial charge is 0.271 e. The Labute approximate surface area is 134 Å². The number of hydrogen-bond acceptors (Lipinski definition) is 3. The molecule has 0 fully saturated rings. The minimum absolute atomic E-state index is 0.173. The van der Waals surface area contributed by atoms with Gasteiger partial charge in [0.15, 0.2) is 0 Å². The fourth-order valence-corrected chi connectivity index (χ4v) is 1.88. The van der Waals surface area contributed by atoms with E-state index in [2.05, 4.69) is 45.3 Å². The number of hydrogen-bond donors (Lipinski definition) is 1. The molecule has 0 radical (unpaired) electrons. The van der Waals surface area contributed by atoms with Gasteiger partial charge in [-0.25, -0.2) is 0 Å². The second-order valence-electron chi connectivity index (χ2n) is 4.84. The van der Waals surface area contributed by atoms with Crippen LogP contribution in [0.25, 0.3) is 0 Å². The molecule has 1 aromatic carbocycles. The van der Waals surface area contributed by atoms with E-state index in [0.29, 0.717) is 17.9 Å². The average Bonchev–Trinajstić information content (AvgIpc) is 2.50. The van der Waals surface area contributed by atoms with Crippen molar-refractivity contribution in [3.8, 4) is 0 Å². The van der Waals surface area contributed by atoms with E-state index in [1.165, 1.54) is 0 Å². The lowest BCUT2D eigenvalue weighted by Crippen LogP contribution is -2.25. The van der Waals surface area contributed by atoms with E-state index in [0.717, 1.165) is 17.3 Å². The van der Waals surface area contributed by atoms with Gasteiger partial charge in [0.2, 0.25) is 0 Å². The van der Waals surface area contributed by atoms with Crippen LogP contribution in [0.1, 0.15) is 33.6 Å². The number of amides is 1. The Kier molecular flexibility index (Phi) is 7.90. The van der Waals surface area contributed by atoms with Gasteiger partial charge in [-0.1, -0.05) is 32.9 Å². The molecule has 114 valence electrons. The quantitative estimate of drug-likeness (QED) is 0.545. The topological polar surface area (TPSA) is 53.8 Å². The molecule has 0 aliphatic rings. The molecule has 0 saturated carbocycles. The van der Waals surface area contributed by atoms with Gasteiger partial charge in [-0.15, -0.1) is 10.2 Å². The molecule has 0 aliphatic heterocycles. The summed E-state index contributed by atoms with van der Waals surface area (Å²) in [6.45, 7) is 6.79. The molecule has 1 aromatic rings. The molecule has 0 aromatic heterocycles. The largest absolute Gasteiger partial charge is 0.351 e. The maximum atomic E-state index is 12.1. The summed E-state index contributed by atoms with van der Waals surface area (Å²) in [6.07, 6.45) is 3.71. The third kappa shape index (κ3) is 6.21. The SMILES string of the molecule is CCCNC(=O)/C(=C\C(C)CC)N=Nc1ccccc1Br. The zero-order chi connectivity index (χ0) is 15.7. The zero-order valence-electron chi connectivity index (χ0n) is 12.8. The summed E-state index contributed by atoms with van der Waals surface area (Å²) < 4.78 is 0.852. The van der Waals surface area contributed by atoms with E-state index in [9.17, 15) is 4.79 Å². The lowest BCUT2D eigenvalue weighted by atomic mass is 10.1. The highest BCUT2D eigenvalue weighted by molar-refractivity contribution is 9.10. The highest BCUT2D eigenvalue weighted by Gasteiger charge is 2.10. The van der Waals surface area contributed by atoms with Crippen LogP contribution in [-0.2, 0) is 4.79 Å². The second kappa shape index (κ2) is 9.45. The van der Waals surface area contributed by atoms with Crippen molar-refractivity contribution in [1.82, 2.24) is 5.32 Å². The van der Waals surface area contributed by atoms with E-state index in [4.69, 9.17) is 0 Å². The highest BCUT2D eigenvalue weighted by Crippen LogP contribution is 2.25. The molecule has 0 heterocycles. The monoisotopic (exact) mass is 351 g/mol. The Morgan fingerprint density at radius 2 is 2.10 bits per heavy atom. The van der Waals surface area contributed by atoms with E-state index < -0.39 is 0 Å². The van der Waals surface area contributed by atoms with Gasteiger partial charge in [0, 0.05) is 11.0 Å². The molecule has 0 aliphatic carbocycles. The number of carbonyl (C=O) groups excluding carboxylic acids is 1. The summed E-state index contributed by atoms with van der Waals surface area (Å²) >= 11 is 3.42. The number of carbonyl (C=O) groups is 1. The molecule has 0 bridgehead atoms. The van der Waals surface area contributed by atoms with E-state index in [-0.39, 0.29) is 11.8 Å². The van der Waals surface area contributed by atoms with Crippen molar-refractivity contribution < 1.29 is 4.79 Å². The first-order valence-corrected chi connectivity index (χ1v) is 8.04. The van der Waals surface area contributed by atoms with Gasteiger partial charge in [0.25, 0.3) is 5.91 Å². The van der Waals surface area contributed by atoms with Crippen molar-refractivity contribution in [2.75, 3.05) is 6.54 Å². The fraction of sp³-hybridized carbons (Fsp3) is 0.438. The molecular formula is C16H22BrN3O. The Hall–Kier alpha value is -1.49. The maximum Gasteiger partial charge on any atom is 0.271 e. The van der Waals surface area contributed by atoms with Gasteiger partial charge in [-0.2, -0.15) is 0 Å². The number of nitrogens with zero attached hydrogens (tertiary/aromatic N) is 2. The van der Waals surface area contributed by atoms with Gasteiger partial charge < -0.3 is 5.32 Å². The number of allylic oxidation sites excluding steroid dienone is 1. The van der Waals surface area contributed by atoms with Crippen LogP contribution in [0.15, 0.2) is 50.7 Å². The maximum absolute atomic E-state index is 12.1. The predicted molar refractivity (Wildman–Crippen MR) is 89.5 cm³/mol. The molecule has 5 heteroatoms. The highest BCUT2D eigenvalue weighted by atomic mass is 79.9. The van der Waals surface area contributed by atoms with Crippen LogP contribution in [-0.4, -0.2) is 12.5 Å². The number of halogens is 1. The zero-order valence-corrected chi connectivity index (χ0v) is 14.4. The van der Waals surface area contributed by atoms with Crippen molar-refractivity contribution in [2.45, 2.75) is 33.6 Å².